The highest BCUT2D eigenvalue weighted by atomic mass is 19.1. The van der Waals surface area contributed by atoms with E-state index in [1.54, 1.807) is 12.1 Å². The Kier molecular flexibility index (Phi) is 5.62. The molecule has 0 amide bonds. The van der Waals surface area contributed by atoms with Gasteiger partial charge in [-0.15, -0.1) is 0 Å². The minimum atomic E-state index is -0.244. The Labute approximate surface area is 143 Å². The van der Waals surface area contributed by atoms with Gasteiger partial charge in [-0.05, 0) is 43.5 Å². The lowest BCUT2D eigenvalue weighted by molar-refractivity contribution is 0.628. The summed E-state index contributed by atoms with van der Waals surface area (Å²) in [5, 5.41) is 3.21. The van der Waals surface area contributed by atoms with Gasteiger partial charge in [-0.2, -0.15) is 4.98 Å². The second-order valence-electron chi connectivity index (χ2n) is 6.32. The molecule has 1 fully saturated rings. The van der Waals surface area contributed by atoms with E-state index in [1.807, 2.05) is 0 Å². The molecule has 0 radical (unpaired) electrons. The summed E-state index contributed by atoms with van der Waals surface area (Å²) < 4.78 is 13.1. The van der Waals surface area contributed by atoms with E-state index in [4.69, 9.17) is 4.98 Å². The average molecular weight is 328 g/mol. The summed E-state index contributed by atoms with van der Waals surface area (Å²) in [5.41, 5.74) is 1.85. The van der Waals surface area contributed by atoms with Crippen LogP contribution in [0.1, 0.15) is 44.7 Å². The Hall–Kier alpha value is -2.17. The van der Waals surface area contributed by atoms with Gasteiger partial charge in [0.05, 0.1) is 0 Å². The lowest BCUT2D eigenvalue weighted by atomic mass is 10.2. The van der Waals surface area contributed by atoms with Crippen molar-refractivity contribution in [1.82, 2.24) is 9.97 Å². The molecule has 1 aromatic carbocycles. The third-order valence-corrected chi connectivity index (χ3v) is 4.30. The first kappa shape index (κ1) is 16.7. The summed E-state index contributed by atoms with van der Waals surface area (Å²) in [6.45, 7) is 4.26. The minimum absolute atomic E-state index is 0.244. The number of hydrogen-bond donors (Lipinski definition) is 1. The highest BCUT2D eigenvalue weighted by Crippen LogP contribution is 2.22. The molecule has 0 aliphatic carbocycles. The summed E-state index contributed by atoms with van der Waals surface area (Å²) in [5.74, 6) is 1.35. The lowest BCUT2D eigenvalue weighted by Crippen LogP contribution is -2.25. The molecule has 1 aliphatic rings. The van der Waals surface area contributed by atoms with Gasteiger partial charge in [-0.25, -0.2) is 9.37 Å². The Bertz CT molecular complexity index is 649. The Balaban J connectivity index is 1.85. The standard InChI is InChI=1S/C19H25FN4/c1-2-7-17-14-18(24-12-5-3-4-6-13-24)23-19(22-17)21-16-10-8-15(20)9-11-16/h8-11,14H,2-7,12-13H2,1H3,(H,21,22,23). The molecule has 128 valence electrons. The number of anilines is 3. The van der Waals surface area contributed by atoms with Crippen LogP contribution in [-0.4, -0.2) is 23.1 Å². The summed E-state index contributed by atoms with van der Waals surface area (Å²) in [6.07, 6.45) is 7.00. The number of aromatic nitrogens is 2. The summed E-state index contributed by atoms with van der Waals surface area (Å²) in [7, 11) is 0. The van der Waals surface area contributed by atoms with E-state index in [0.29, 0.717) is 5.95 Å². The van der Waals surface area contributed by atoms with Crippen LogP contribution in [0.2, 0.25) is 0 Å². The van der Waals surface area contributed by atoms with Crippen LogP contribution in [0.4, 0.5) is 21.8 Å². The quantitative estimate of drug-likeness (QED) is 0.864. The molecule has 2 heterocycles. The zero-order valence-electron chi connectivity index (χ0n) is 14.3. The zero-order valence-corrected chi connectivity index (χ0v) is 14.3. The molecule has 2 aromatic rings. The molecule has 1 N–H and O–H groups in total. The monoisotopic (exact) mass is 328 g/mol. The molecule has 4 nitrogen and oxygen atoms in total. The van der Waals surface area contributed by atoms with Gasteiger partial charge in [0.25, 0.3) is 0 Å². The maximum atomic E-state index is 13.1. The van der Waals surface area contributed by atoms with E-state index < -0.39 is 0 Å². The second kappa shape index (κ2) is 8.08. The number of nitrogens with zero attached hydrogens (tertiary/aromatic N) is 3. The fourth-order valence-electron chi connectivity index (χ4n) is 3.05. The molecule has 5 heteroatoms. The molecule has 0 unspecified atom stereocenters. The Morgan fingerprint density at radius 3 is 2.42 bits per heavy atom. The number of halogens is 1. The SMILES string of the molecule is CCCc1cc(N2CCCCCC2)nc(Nc2ccc(F)cc2)n1. The molecule has 3 rings (SSSR count). The van der Waals surface area contributed by atoms with Gasteiger partial charge in [0.1, 0.15) is 11.6 Å². The van der Waals surface area contributed by atoms with Crippen LogP contribution < -0.4 is 10.2 Å². The number of hydrogen-bond acceptors (Lipinski definition) is 4. The van der Waals surface area contributed by atoms with Crippen molar-refractivity contribution in [3.63, 3.8) is 0 Å². The molecule has 1 aromatic heterocycles. The molecular weight excluding hydrogens is 303 g/mol. The number of nitrogens with one attached hydrogen (secondary N) is 1. The zero-order chi connectivity index (χ0) is 16.8. The van der Waals surface area contributed by atoms with E-state index in [2.05, 4.69) is 28.2 Å². The predicted molar refractivity (Wildman–Crippen MR) is 96.4 cm³/mol. The molecule has 0 saturated carbocycles. The Morgan fingerprint density at radius 2 is 1.75 bits per heavy atom. The van der Waals surface area contributed by atoms with Crippen molar-refractivity contribution >= 4 is 17.5 Å². The van der Waals surface area contributed by atoms with Gasteiger partial charge < -0.3 is 10.2 Å². The van der Waals surface area contributed by atoms with Crippen molar-refractivity contribution in [2.24, 2.45) is 0 Å². The van der Waals surface area contributed by atoms with Crippen LogP contribution in [0, 0.1) is 5.82 Å². The lowest BCUT2D eigenvalue weighted by Gasteiger charge is -2.22. The van der Waals surface area contributed by atoms with E-state index in [0.717, 1.165) is 43.1 Å². The largest absolute Gasteiger partial charge is 0.356 e. The summed E-state index contributed by atoms with van der Waals surface area (Å²) >= 11 is 0. The van der Waals surface area contributed by atoms with Gasteiger partial charge in [-0.1, -0.05) is 26.2 Å². The smallest absolute Gasteiger partial charge is 0.229 e. The summed E-state index contributed by atoms with van der Waals surface area (Å²) in [6, 6.07) is 8.40. The van der Waals surface area contributed by atoms with Crippen LogP contribution in [0.15, 0.2) is 30.3 Å². The molecular formula is C19H25FN4. The van der Waals surface area contributed by atoms with E-state index >= 15 is 0 Å². The van der Waals surface area contributed by atoms with Crippen molar-refractivity contribution in [3.05, 3.63) is 41.8 Å². The average Bonchev–Trinajstić information content (AvgIpc) is 2.86. The normalized spacial score (nSPS) is 15.2. The van der Waals surface area contributed by atoms with E-state index in [1.165, 1.54) is 37.8 Å². The fourth-order valence-corrected chi connectivity index (χ4v) is 3.05. The first-order valence-electron chi connectivity index (χ1n) is 8.90. The molecule has 0 spiro atoms. The second-order valence-corrected chi connectivity index (χ2v) is 6.32. The number of aryl methyl sites for hydroxylation is 1. The highest BCUT2D eigenvalue weighted by molar-refractivity contribution is 5.55. The molecule has 1 aliphatic heterocycles. The van der Waals surface area contributed by atoms with Crippen LogP contribution in [0.3, 0.4) is 0 Å². The van der Waals surface area contributed by atoms with E-state index in [-0.39, 0.29) is 5.82 Å². The third-order valence-electron chi connectivity index (χ3n) is 4.30. The molecule has 1 saturated heterocycles. The first-order valence-corrected chi connectivity index (χ1v) is 8.90. The summed E-state index contributed by atoms with van der Waals surface area (Å²) in [4.78, 5) is 11.7. The van der Waals surface area contributed by atoms with Gasteiger partial charge in [0.2, 0.25) is 5.95 Å². The van der Waals surface area contributed by atoms with Crippen molar-refractivity contribution < 1.29 is 4.39 Å². The van der Waals surface area contributed by atoms with Crippen LogP contribution in [0.25, 0.3) is 0 Å². The number of benzene rings is 1. The van der Waals surface area contributed by atoms with Crippen molar-refractivity contribution in [2.45, 2.75) is 45.4 Å². The minimum Gasteiger partial charge on any atom is -0.356 e. The van der Waals surface area contributed by atoms with Gasteiger partial charge in [0, 0.05) is 30.5 Å². The topological polar surface area (TPSA) is 41.1 Å². The highest BCUT2D eigenvalue weighted by Gasteiger charge is 2.14. The van der Waals surface area contributed by atoms with Gasteiger partial charge in [0.15, 0.2) is 0 Å². The molecule has 0 atom stereocenters. The molecule has 0 bridgehead atoms. The maximum Gasteiger partial charge on any atom is 0.229 e. The van der Waals surface area contributed by atoms with E-state index in [9.17, 15) is 4.39 Å². The fraction of sp³-hybridized carbons (Fsp3) is 0.474. The van der Waals surface area contributed by atoms with Crippen molar-refractivity contribution in [3.8, 4) is 0 Å². The third kappa shape index (κ3) is 4.43. The van der Waals surface area contributed by atoms with Crippen LogP contribution >= 0.6 is 0 Å². The van der Waals surface area contributed by atoms with Crippen molar-refractivity contribution in [2.75, 3.05) is 23.3 Å². The van der Waals surface area contributed by atoms with Crippen LogP contribution in [-0.2, 0) is 6.42 Å². The predicted octanol–water partition coefficient (Wildman–Crippen LogP) is 4.69. The maximum absolute atomic E-state index is 13.1. The Morgan fingerprint density at radius 1 is 1.04 bits per heavy atom. The first-order chi connectivity index (χ1) is 11.7. The van der Waals surface area contributed by atoms with Gasteiger partial charge in [-0.3, -0.25) is 0 Å². The number of rotatable bonds is 5. The van der Waals surface area contributed by atoms with Crippen LogP contribution in [0.5, 0.6) is 0 Å². The van der Waals surface area contributed by atoms with Gasteiger partial charge >= 0.3 is 0 Å². The van der Waals surface area contributed by atoms with Crippen molar-refractivity contribution in [1.29, 1.82) is 0 Å². The molecule has 24 heavy (non-hydrogen) atoms.